The Morgan fingerprint density at radius 2 is 1.33 bits per heavy atom. The molecule has 0 fully saturated rings. The van der Waals surface area contributed by atoms with Crippen LogP contribution in [0.1, 0.15) is 18.4 Å². The second-order valence-corrected chi connectivity index (χ2v) is 6.74. The number of hydrogen-bond acceptors (Lipinski definition) is 2. The minimum absolute atomic E-state index is 0.554. The molecule has 0 saturated heterocycles. The monoisotopic (exact) mass is 487 g/mol. The third-order valence-corrected chi connectivity index (χ3v) is 4.60. The lowest BCUT2D eigenvalue weighted by Crippen LogP contribution is -2.71. The van der Waals surface area contributed by atoms with Crippen molar-refractivity contribution in [2.24, 2.45) is 0 Å². The van der Waals surface area contributed by atoms with Crippen LogP contribution in [0.3, 0.4) is 0 Å². The molecule has 30 heavy (non-hydrogen) atoms. The van der Waals surface area contributed by atoms with Crippen LogP contribution < -0.4 is 5.32 Å². The number of rotatable bonds is 8. The maximum absolute atomic E-state index is 14.4. The van der Waals surface area contributed by atoms with Crippen molar-refractivity contribution in [2.75, 3.05) is 6.54 Å². The summed E-state index contributed by atoms with van der Waals surface area (Å²) in [6, 6.07) is 0.655. The van der Waals surface area contributed by atoms with Crippen LogP contribution in [0.4, 0.5) is 57.1 Å². The summed E-state index contributed by atoms with van der Waals surface area (Å²) in [4.78, 5) is 10.9. The summed E-state index contributed by atoms with van der Waals surface area (Å²) in [7, 11) is 0. The fraction of sp³-hybridized carbons (Fsp3) is 0.643. The number of carbonyl (C=O) groups excluding carboxylic acids is 1. The van der Waals surface area contributed by atoms with Crippen molar-refractivity contribution in [3.05, 3.63) is 22.4 Å². The van der Waals surface area contributed by atoms with E-state index in [2.05, 4.69) is 0 Å². The van der Waals surface area contributed by atoms with Gasteiger partial charge in [-0.2, -0.15) is 68.4 Å². The van der Waals surface area contributed by atoms with Gasteiger partial charge in [-0.05, 0) is 22.4 Å². The maximum Gasteiger partial charge on any atom is 0.460 e. The van der Waals surface area contributed by atoms with Crippen molar-refractivity contribution in [1.82, 2.24) is 5.32 Å². The Morgan fingerprint density at radius 1 is 0.867 bits per heavy atom. The molecule has 174 valence electrons. The highest BCUT2D eigenvalue weighted by molar-refractivity contribution is 7.08. The molecule has 0 aliphatic heterocycles. The minimum atomic E-state index is -7.96. The fourth-order valence-corrected chi connectivity index (χ4v) is 2.89. The predicted molar refractivity (Wildman–Crippen MR) is 76.5 cm³/mol. The van der Waals surface area contributed by atoms with E-state index in [4.69, 9.17) is 0 Å². The van der Waals surface area contributed by atoms with Gasteiger partial charge in [-0.15, -0.1) is 0 Å². The molecule has 1 aromatic rings. The lowest BCUT2D eigenvalue weighted by atomic mass is 9.84. The molecule has 0 aliphatic rings. The van der Waals surface area contributed by atoms with E-state index in [0.29, 0.717) is 29.7 Å². The van der Waals surface area contributed by atoms with Crippen molar-refractivity contribution < 1.29 is 61.9 Å². The fourth-order valence-electron chi connectivity index (χ4n) is 2.17. The molecule has 0 aromatic carbocycles. The number of halogens is 13. The van der Waals surface area contributed by atoms with Crippen LogP contribution in [0.5, 0.6) is 0 Å². The van der Waals surface area contributed by atoms with E-state index in [1.165, 1.54) is 0 Å². The molecule has 1 amide bonds. The normalized spacial score (nSPS) is 15.8. The summed E-state index contributed by atoms with van der Waals surface area (Å²) in [5, 5.41) is 3.19. The number of amides is 1. The van der Waals surface area contributed by atoms with Crippen LogP contribution in [0.2, 0.25) is 0 Å². The second kappa shape index (κ2) is 7.75. The molecule has 0 radical (unpaired) electrons. The van der Waals surface area contributed by atoms with Crippen molar-refractivity contribution in [3.63, 3.8) is 0 Å². The van der Waals surface area contributed by atoms with Gasteiger partial charge in [-0.25, -0.2) is 0 Å². The van der Waals surface area contributed by atoms with Gasteiger partial charge in [0.2, 0.25) is 5.91 Å². The molecule has 0 saturated carbocycles. The number of thiophene rings is 1. The van der Waals surface area contributed by atoms with Gasteiger partial charge in [0.1, 0.15) is 0 Å². The summed E-state index contributed by atoms with van der Waals surface area (Å²) < 4.78 is 173. The van der Waals surface area contributed by atoms with Gasteiger partial charge in [0, 0.05) is 13.5 Å². The lowest BCUT2D eigenvalue weighted by molar-refractivity contribution is -0.441. The lowest BCUT2D eigenvalue weighted by Gasteiger charge is -2.41. The summed E-state index contributed by atoms with van der Waals surface area (Å²) in [5.41, 5.74) is -0.889. The van der Waals surface area contributed by atoms with Crippen LogP contribution in [0.25, 0.3) is 0 Å². The Morgan fingerprint density at radius 3 is 1.70 bits per heavy atom. The zero-order valence-corrected chi connectivity index (χ0v) is 15.1. The molecule has 1 N–H and O–H groups in total. The van der Waals surface area contributed by atoms with Crippen molar-refractivity contribution in [2.45, 2.75) is 48.6 Å². The SMILES string of the molecule is CC(=O)NCC(c1ccsc1)C(F)(F)C(F)(F)C(F)(F)C(F)(F)C(F)(F)C(F)(F)F. The highest BCUT2D eigenvalue weighted by Gasteiger charge is 2.91. The van der Waals surface area contributed by atoms with Gasteiger partial charge in [0.25, 0.3) is 0 Å². The number of nitrogens with one attached hydrogen (secondary N) is 1. The molecule has 1 rings (SSSR count). The Hall–Kier alpha value is -1.74. The standard InChI is InChI=1S/C14H10F13NOS/c1-6(29)28-4-8(7-2-3-30-5-7)9(15,16)10(17,18)11(19,20)12(21,22)13(23,24)14(25,26)27/h2-3,5,8H,4H2,1H3,(H,28,29). The molecule has 1 unspecified atom stereocenters. The van der Waals surface area contributed by atoms with Gasteiger partial charge >= 0.3 is 35.8 Å². The Balaban J connectivity index is 3.57. The average Bonchev–Trinajstić information content (AvgIpc) is 3.06. The molecular weight excluding hydrogens is 477 g/mol. The first kappa shape index (κ1) is 26.3. The Labute approximate surface area is 163 Å². The molecule has 0 aliphatic carbocycles. The molecule has 0 bridgehead atoms. The minimum Gasteiger partial charge on any atom is -0.355 e. The van der Waals surface area contributed by atoms with Crippen LogP contribution in [0.15, 0.2) is 16.8 Å². The first-order chi connectivity index (χ1) is 13.2. The van der Waals surface area contributed by atoms with Crippen molar-refractivity contribution in [3.8, 4) is 0 Å². The quantitative estimate of drug-likeness (QED) is 0.468. The van der Waals surface area contributed by atoms with Gasteiger partial charge in [-0.1, -0.05) is 0 Å². The largest absolute Gasteiger partial charge is 0.460 e. The molecule has 16 heteroatoms. The topological polar surface area (TPSA) is 29.1 Å². The zero-order valence-electron chi connectivity index (χ0n) is 14.2. The highest BCUT2D eigenvalue weighted by Crippen LogP contribution is 2.62. The van der Waals surface area contributed by atoms with Crippen LogP contribution in [0, 0.1) is 0 Å². The third-order valence-electron chi connectivity index (χ3n) is 3.90. The van der Waals surface area contributed by atoms with Gasteiger partial charge < -0.3 is 5.32 Å². The summed E-state index contributed by atoms with van der Waals surface area (Å²) in [6.45, 7) is -0.862. The first-order valence-corrected chi connectivity index (χ1v) is 8.32. The molecule has 0 spiro atoms. The molecule has 1 aromatic heterocycles. The summed E-state index contributed by atoms with van der Waals surface area (Å²) in [5.74, 6) is -41.7. The third kappa shape index (κ3) is 3.93. The van der Waals surface area contributed by atoms with Crippen LogP contribution in [-0.4, -0.2) is 48.2 Å². The first-order valence-electron chi connectivity index (χ1n) is 7.38. The van der Waals surface area contributed by atoms with E-state index < -0.39 is 59.7 Å². The molecule has 1 heterocycles. The number of hydrogen-bond donors (Lipinski definition) is 1. The van der Waals surface area contributed by atoms with E-state index in [-0.39, 0.29) is 0 Å². The zero-order chi connectivity index (χ0) is 24.0. The van der Waals surface area contributed by atoms with Gasteiger partial charge in [0.15, 0.2) is 0 Å². The van der Waals surface area contributed by atoms with E-state index in [1.807, 2.05) is 0 Å². The number of carbonyl (C=O) groups is 1. The summed E-state index contributed by atoms with van der Waals surface area (Å²) in [6.07, 6.45) is -7.46. The van der Waals surface area contributed by atoms with Crippen LogP contribution >= 0.6 is 11.3 Å². The van der Waals surface area contributed by atoms with E-state index in [9.17, 15) is 61.9 Å². The average molecular weight is 487 g/mol. The number of alkyl halides is 13. The highest BCUT2D eigenvalue weighted by atomic mass is 32.1. The second-order valence-electron chi connectivity index (χ2n) is 5.96. The smallest absolute Gasteiger partial charge is 0.355 e. The van der Waals surface area contributed by atoms with E-state index in [0.717, 1.165) is 5.38 Å². The Bertz CT molecular complexity index is 742. The van der Waals surface area contributed by atoms with Gasteiger partial charge in [-0.3, -0.25) is 4.79 Å². The maximum atomic E-state index is 14.4. The Kier molecular flexibility index (Phi) is 6.79. The van der Waals surface area contributed by atoms with E-state index >= 15 is 0 Å². The van der Waals surface area contributed by atoms with Crippen molar-refractivity contribution in [1.29, 1.82) is 0 Å². The molecule has 1 atom stereocenters. The summed E-state index contributed by atoms with van der Waals surface area (Å²) >= 11 is 0.554. The van der Waals surface area contributed by atoms with Crippen LogP contribution in [-0.2, 0) is 4.79 Å². The molecule has 2 nitrogen and oxygen atoms in total. The van der Waals surface area contributed by atoms with Gasteiger partial charge in [0.05, 0.1) is 5.92 Å². The molecular formula is C14H10F13NOS. The predicted octanol–water partition coefficient (Wildman–Crippen LogP) is 5.71. The van der Waals surface area contributed by atoms with Crippen molar-refractivity contribution >= 4 is 17.2 Å². The van der Waals surface area contributed by atoms with E-state index in [1.54, 1.807) is 5.32 Å².